The van der Waals surface area contributed by atoms with Crippen LogP contribution in [0.15, 0.2) is 6.20 Å². The summed E-state index contributed by atoms with van der Waals surface area (Å²) >= 11 is 0. The first kappa shape index (κ1) is 16.4. The van der Waals surface area contributed by atoms with Crippen LogP contribution in [-0.2, 0) is 11.8 Å². The van der Waals surface area contributed by atoms with E-state index < -0.39 is 24.3 Å². The maximum Gasteiger partial charge on any atom is 0.471 e. The predicted molar refractivity (Wildman–Crippen MR) is 71.9 cm³/mol. The summed E-state index contributed by atoms with van der Waals surface area (Å²) in [5.74, 6) is -1.52. The van der Waals surface area contributed by atoms with Gasteiger partial charge in [-0.25, -0.2) is 4.39 Å². The van der Waals surface area contributed by atoms with E-state index in [-0.39, 0.29) is 25.9 Å². The number of nitrogens with two attached hydrogens (primary N) is 1. The number of rotatable bonds is 2. The molecule has 1 aliphatic heterocycles. The first-order valence-electron chi connectivity index (χ1n) is 6.74. The lowest BCUT2D eigenvalue weighted by Crippen LogP contribution is -2.47. The van der Waals surface area contributed by atoms with E-state index in [1.54, 1.807) is 17.3 Å². The van der Waals surface area contributed by atoms with Crippen molar-refractivity contribution in [2.75, 3.05) is 23.7 Å². The summed E-state index contributed by atoms with van der Waals surface area (Å²) in [5.41, 5.74) is 6.21. The number of nitrogen functional groups attached to an aromatic ring is 1. The van der Waals surface area contributed by atoms with Gasteiger partial charge in [0.2, 0.25) is 0 Å². The molecule has 22 heavy (non-hydrogen) atoms. The van der Waals surface area contributed by atoms with Crippen molar-refractivity contribution in [2.45, 2.75) is 31.2 Å². The molecule has 6 nitrogen and oxygen atoms in total. The van der Waals surface area contributed by atoms with Crippen LogP contribution < -0.4 is 16.0 Å². The van der Waals surface area contributed by atoms with Crippen LogP contribution in [0.4, 0.5) is 29.1 Å². The largest absolute Gasteiger partial charge is 0.471 e. The fourth-order valence-corrected chi connectivity index (χ4v) is 2.53. The minimum absolute atomic E-state index is 0.00652. The molecular formula is C12H17F4N5O. The second kappa shape index (κ2) is 6.01. The molecule has 10 heteroatoms. The number of halogens is 4. The lowest BCUT2D eigenvalue weighted by molar-refractivity contribution is -0.174. The van der Waals surface area contributed by atoms with Crippen LogP contribution in [0.1, 0.15) is 12.8 Å². The fourth-order valence-electron chi connectivity index (χ4n) is 2.53. The first-order chi connectivity index (χ1) is 10.2. The summed E-state index contributed by atoms with van der Waals surface area (Å²) in [4.78, 5) is 12.7. The van der Waals surface area contributed by atoms with Gasteiger partial charge < -0.3 is 16.0 Å². The number of carbonyl (C=O) groups is 1. The lowest BCUT2D eigenvalue weighted by Gasteiger charge is -2.23. The van der Waals surface area contributed by atoms with E-state index in [0.29, 0.717) is 11.5 Å². The Kier molecular flexibility index (Phi) is 4.47. The van der Waals surface area contributed by atoms with Crippen LogP contribution in [0.5, 0.6) is 0 Å². The van der Waals surface area contributed by atoms with Crippen molar-refractivity contribution < 1.29 is 22.4 Å². The van der Waals surface area contributed by atoms with Crippen molar-refractivity contribution in [1.82, 2.24) is 15.1 Å². The van der Waals surface area contributed by atoms with E-state index >= 15 is 0 Å². The maximum atomic E-state index is 14.0. The molecule has 2 rings (SSSR count). The lowest BCUT2D eigenvalue weighted by atomic mass is 10.1. The van der Waals surface area contributed by atoms with E-state index in [0.717, 1.165) is 0 Å². The zero-order chi connectivity index (χ0) is 16.5. The van der Waals surface area contributed by atoms with Gasteiger partial charge in [-0.1, -0.05) is 0 Å². The Bertz CT molecular complexity index is 525. The summed E-state index contributed by atoms with van der Waals surface area (Å²) < 4.78 is 52.3. The van der Waals surface area contributed by atoms with E-state index in [9.17, 15) is 22.4 Å². The molecule has 0 spiro atoms. The molecule has 3 N–H and O–H groups in total. The van der Waals surface area contributed by atoms with Crippen molar-refractivity contribution in [3.05, 3.63) is 6.20 Å². The van der Waals surface area contributed by atoms with Gasteiger partial charge in [0.05, 0.1) is 17.9 Å². The molecule has 1 fully saturated rings. The predicted octanol–water partition coefficient (Wildman–Crippen LogP) is 0.988. The van der Waals surface area contributed by atoms with Crippen molar-refractivity contribution >= 4 is 17.4 Å². The second-order valence-corrected chi connectivity index (χ2v) is 5.21. The highest BCUT2D eigenvalue weighted by Crippen LogP contribution is 2.26. The van der Waals surface area contributed by atoms with Crippen molar-refractivity contribution in [3.63, 3.8) is 0 Å². The molecule has 1 saturated heterocycles. The van der Waals surface area contributed by atoms with Crippen LogP contribution >= 0.6 is 0 Å². The molecule has 0 unspecified atom stereocenters. The fraction of sp³-hybridized carbons (Fsp3) is 0.667. The highest BCUT2D eigenvalue weighted by atomic mass is 19.4. The minimum atomic E-state index is -5.02. The van der Waals surface area contributed by atoms with Gasteiger partial charge in [0.15, 0.2) is 0 Å². The Morgan fingerprint density at radius 1 is 1.41 bits per heavy atom. The average Bonchev–Trinajstić information content (AvgIpc) is 2.64. The van der Waals surface area contributed by atoms with Gasteiger partial charge >= 0.3 is 12.1 Å². The number of hydrogen-bond acceptors (Lipinski definition) is 4. The summed E-state index contributed by atoms with van der Waals surface area (Å²) in [5, 5.41) is 5.70. The van der Waals surface area contributed by atoms with Crippen LogP contribution in [0.2, 0.25) is 0 Å². The third-order valence-corrected chi connectivity index (χ3v) is 3.63. The molecule has 1 aliphatic rings. The normalized spacial score (nSPS) is 23.2. The van der Waals surface area contributed by atoms with Gasteiger partial charge in [-0.2, -0.15) is 18.3 Å². The molecule has 0 bridgehead atoms. The minimum Gasteiger partial charge on any atom is -0.394 e. The summed E-state index contributed by atoms with van der Waals surface area (Å²) in [6, 6.07) is -1.17. The van der Waals surface area contributed by atoms with E-state index in [2.05, 4.69) is 5.10 Å². The Balaban J connectivity index is 2.06. The number of aryl methyl sites for hydroxylation is 1. The van der Waals surface area contributed by atoms with Gasteiger partial charge in [0.25, 0.3) is 0 Å². The first-order valence-corrected chi connectivity index (χ1v) is 6.74. The number of hydrogen-bond donors (Lipinski definition) is 2. The molecule has 1 amide bonds. The molecule has 2 atom stereocenters. The molecule has 0 radical (unpaired) electrons. The molecule has 0 aromatic carbocycles. The Morgan fingerprint density at radius 2 is 2.05 bits per heavy atom. The van der Waals surface area contributed by atoms with Crippen molar-refractivity contribution in [3.8, 4) is 0 Å². The number of nitrogens with one attached hydrogen (secondary N) is 1. The molecule has 1 aromatic rings. The maximum absolute atomic E-state index is 14.0. The number of aromatic nitrogens is 2. The Labute approximate surface area is 124 Å². The summed E-state index contributed by atoms with van der Waals surface area (Å²) in [6.07, 6.45) is -5.07. The SMILES string of the molecule is Cn1ncc(N)c1N1CC[C@@H](F)[C@@H](NC(=O)C(F)(F)F)CC1. The van der Waals surface area contributed by atoms with Crippen molar-refractivity contribution in [2.24, 2.45) is 7.05 Å². The number of alkyl halides is 4. The quantitative estimate of drug-likeness (QED) is 0.796. The molecule has 1 aromatic heterocycles. The highest BCUT2D eigenvalue weighted by Gasteiger charge is 2.41. The zero-order valence-electron chi connectivity index (χ0n) is 11.9. The van der Waals surface area contributed by atoms with Gasteiger partial charge in [0, 0.05) is 20.1 Å². The smallest absolute Gasteiger partial charge is 0.394 e. The number of anilines is 2. The molecule has 0 saturated carbocycles. The van der Waals surface area contributed by atoms with Crippen LogP contribution in [-0.4, -0.2) is 47.2 Å². The summed E-state index contributed by atoms with van der Waals surface area (Å²) in [6.45, 7) is 0.552. The molecular weight excluding hydrogens is 306 g/mol. The monoisotopic (exact) mass is 323 g/mol. The van der Waals surface area contributed by atoms with E-state index in [1.165, 1.54) is 10.9 Å². The molecule has 124 valence electrons. The van der Waals surface area contributed by atoms with Crippen LogP contribution in [0.3, 0.4) is 0 Å². The van der Waals surface area contributed by atoms with Crippen molar-refractivity contribution in [1.29, 1.82) is 0 Å². The highest BCUT2D eigenvalue weighted by molar-refractivity contribution is 5.82. The molecule has 2 heterocycles. The van der Waals surface area contributed by atoms with Gasteiger partial charge in [0.1, 0.15) is 12.0 Å². The number of carbonyl (C=O) groups excluding carboxylic acids is 1. The van der Waals surface area contributed by atoms with Crippen LogP contribution in [0.25, 0.3) is 0 Å². The van der Waals surface area contributed by atoms with E-state index in [1.807, 2.05) is 0 Å². The number of nitrogens with zero attached hydrogens (tertiary/aromatic N) is 3. The number of amides is 1. The van der Waals surface area contributed by atoms with Gasteiger partial charge in [-0.15, -0.1) is 0 Å². The third-order valence-electron chi connectivity index (χ3n) is 3.63. The standard InChI is InChI=1S/C12H17F4N5O/c1-20-10(8(17)6-18-20)21-4-2-7(13)9(3-5-21)19-11(22)12(14,15)16/h6-7,9H,2-5,17H2,1H3,(H,19,22)/t7-,9+/m1/s1. The second-order valence-electron chi connectivity index (χ2n) is 5.21. The Hall–Kier alpha value is -2.00. The zero-order valence-corrected chi connectivity index (χ0v) is 11.9. The van der Waals surface area contributed by atoms with Gasteiger partial charge in [-0.05, 0) is 12.8 Å². The Morgan fingerprint density at radius 3 is 2.59 bits per heavy atom. The third kappa shape index (κ3) is 3.42. The molecule has 0 aliphatic carbocycles. The van der Waals surface area contributed by atoms with Crippen LogP contribution in [0, 0.1) is 0 Å². The van der Waals surface area contributed by atoms with E-state index in [4.69, 9.17) is 5.73 Å². The topological polar surface area (TPSA) is 76.2 Å². The van der Waals surface area contributed by atoms with Gasteiger partial charge in [-0.3, -0.25) is 9.48 Å². The summed E-state index contributed by atoms with van der Waals surface area (Å²) in [7, 11) is 1.67. The average molecular weight is 323 g/mol.